The second-order valence-corrected chi connectivity index (χ2v) is 4.16. The van der Waals surface area contributed by atoms with Crippen molar-refractivity contribution in [2.75, 3.05) is 0 Å². The third kappa shape index (κ3) is 3.08. The molecule has 0 aliphatic heterocycles. The Hall–Kier alpha value is -3.09. The predicted molar refractivity (Wildman–Crippen MR) is 72.9 cm³/mol. The standard InChI is InChI=1S/C14H11N5O2/c20-13(10-1-5-15-6-2-10)17-9-12-18-19-14(21-12)11-3-7-16-8-4-11/h1-8H,9H2,(H,17,20). The predicted octanol–water partition coefficient (Wildman–Crippen LogP) is 1.46. The molecule has 0 aromatic carbocycles. The molecule has 0 aliphatic carbocycles. The highest BCUT2D eigenvalue weighted by Crippen LogP contribution is 2.15. The van der Waals surface area contributed by atoms with Crippen molar-refractivity contribution in [2.24, 2.45) is 0 Å². The van der Waals surface area contributed by atoms with Crippen molar-refractivity contribution in [1.29, 1.82) is 0 Å². The Morgan fingerprint density at radius 3 is 2.38 bits per heavy atom. The zero-order chi connectivity index (χ0) is 14.5. The smallest absolute Gasteiger partial charge is 0.251 e. The van der Waals surface area contributed by atoms with E-state index in [1.807, 2.05) is 0 Å². The Balaban J connectivity index is 1.64. The van der Waals surface area contributed by atoms with Gasteiger partial charge in [-0.1, -0.05) is 0 Å². The summed E-state index contributed by atoms with van der Waals surface area (Å²) >= 11 is 0. The molecule has 104 valence electrons. The molecule has 3 aromatic rings. The molecule has 7 heteroatoms. The first-order valence-corrected chi connectivity index (χ1v) is 6.24. The Kier molecular flexibility index (Phi) is 3.64. The summed E-state index contributed by atoms with van der Waals surface area (Å²) in [5, 5.41) is 10.5. The zero-order valence-corrected chi connectivity index (χ0v) is 10.9. The van der Waals surface area contributed by atoms with Crippen molar-refractivity contribution in [3.05, 3.63) is 60.5 Å². The highest BCUT2D eigenvalue weighted by molar-refractivity contribution is 5.93. The van der Waals surface area contributed by atoms with Gasteiger partial charge in [-0.05, 0) is 24.3 Å². The van der Waals surface area contributed by atoms with Gasteiger partial charge >= 0.3 is 0 Å². The van der Waals surface area contributed by atoms with E-state index in [1.165, 1.54) is 0 Å². The van der Waals surface area contributed by atoms with Gasteiger partial charge in [0.2, 0.25) is 11.8 Å². The van der Waals surface area contributed by atoms with Crippen LogP contribution in [0, 0.1) is 0 Å². The summed E-state index contributed by atoms with van der Waals surface area (Å²) in [7, 11) is 0. The van der Waals surface area contributed by atoms with Crippen LogP contribution < -0.4 is 5.32 Å². The van der Waals surface area contributed by atoms with Crippen LogP contribution in [0.25, 0.3) is 11.5 Å². The summed E-state index contributed by atoms with van der Waals surface area (Å²) in [5.41, 5.74) is 1.31. The van der Waals surface area contributed by atoms with Gasteiger partial charge in [0.1, 0.15) is 0 Å². The zero-order valence-electron chi connectivity index (χ0n) is 10.9. The maximum atomic E-state index is 11.9. The van der Waals surface area contributed by atoms with Crippen LogP contribution >= 0.6 is 0 Å². The van der Waals surface area contributed by atoms with Gasteiger partial charge in [-0.3, -0.25) is 14.8 Å². The number of pyridine rings is 2. The Labute approximate surface area is 120 Å². The topological polar surface area (TPSA) is 93.8 Å². The summed E-state index contributed by atoms with van der Waals surface area (Å²) in [6, 6.07) is 6.80. The second-order valence-electron chi connectivity index (χ2n) is 4.16. The Morgan fingerprint density at radius 1 is 1.00 bits per heavy atom. The normalized spacial score (nSPS) is 10.3. The van der Waals surface area contributed by atoms with Gasteiger partial charge < -0.3 is 9.73 Å². The summed E-state index contributed by atoms with van der Waals surface area (Å²) in [5.74, 6) is 0.510. The van der Waals surface area contributed by atoms with E-state index in [0.717, 1.165) is 5.56 Å². The largest absolute Gasteiger partial charge is 0.419 e. The van der Waals surface area contributed by atoms with Crippen LogP contribution in [0.3, 0.4) is 0 Å². The van der Waals surface area contributed by atoms with E-state index < -0.39 is 0 Å². The maximum absolute atomic E-state index is 11.9. The molecule has 0 fully saturated rings. The maximum Gasteiger partial charge on any atom is 0.251 e. The van der Waals surface area contributed by atoms with E-state index in [-0.39, 0.29) is 12.5 Å². The number of nitrogens with one attached hydrogen (secondary N) is 1. The van der Waals surface area contributed by atoms with E-state index in [4.69, 9.17) is 4.42 Å². The molecule has 21 heavy (non-hydrogen) atoms. The lowest BCUT2D eigenvalue weighted by Crippen LogP contribution is -2.22. The molecule has 1 amide bonds. The molecule has 1 N–H and O–H groups in total. The lowest BCUT2D eigenvalue weighted by Gasteiger charge is -2.01. The molecule has 0 bridgehead atoms. The molecule has 0 spiro atoms. The van der Waals surface area contributed by atoms with Crippen molar-refractivity contribution >= 4 is 5.91 Å². The number of hydrogen-bond acceptors (Lipinski definition) is 6. The van der Waals surface area contributed by atoms with Gasteiger partial charge in [0.15, 0.2) is 0 Å². The number of nitrogens with zero attached hydrogens (tertiary/aromatic N) is 4. The fourth-order valence-corrected chi connectivity index (χ4v) is 1.70. The number of amides is 1. The second kappa shape index (κ2) is 5.91. The molecule has 3 aromatic heterocycles. The molecule has 0 saturated carbocycles. The molecule has 0 saturated heterocycles. The lowest BCUT2D eigenvalue weighted by molar-refractivity contribution is 0.0947. The van der Waals surface area contributed by atoms with E-state index in [0.29, 0.717) is 17.3 Å². The molecule has 3 rings (SSSR count). The van der Waals surface area contributed by atoms with Gasteiger partial charge in [0.05, 0.1) is 6.54 Å². The van der Waals surface area contributed by atoms with Crippen molar-refractivity contribution in [1.82, 2.24) is 25.5 Å². The minimum Gasteiger partial charge on any atom is -0.419 e. The van der Waals surface area contributed by atoms with E-state index in [2.05, 4.69) is 25.5 Å². The van der Waals surface area contributed by atoms with Crippen LogP contribution in [0.4, 0.5) is 0 Å². The first-order valence-electron chi connectivity index (χ1n) is 6.24. The van der Waals surface area contributed by atoms with Gasteiger partial charge in [0, 0.05) is 35.9 Å². The van der Waals surface area contributed by atoms with Gasteiger partial charge in [-0.15, -0.1) is 10.2 Å². The SMILES string of the molecule is O=C(NCc1nnc(-c2ccncc2)o1)c1ccncc1. The average molecular weight is 281 g/mol. The molecule has 0 radical (unpaired) electrons. The quantitative estimate of drug-likeness (QED) is 0.778. The Bertz CT molecular complexity index is 727. The molecule has 7 nitrogen and oxygen atoms in total. The highest BCUT2D eigenvalue weighted by atomic mass is 16.4. The van der Waals surface area contributed by atoms with Gasteiger partial charge in [-0.25, -0.2) is 0 Å². The van der Waals surface area contributed by atoms with E-state index >= 15 is 0 Å². The molecule has 0 unspecified atom stereocenters. The molecule has 0 atom stereocenters. The lowest BCUT2D eigenvalue weighted by atomic mass is 10.2. The van der Waals surface area contributed by atoms with Crippen molar-refractivity contribution in [2.45, 2.75) is 6.54 Å². The van der Waals surface area contributed by atoms with Crippen LogP contribution in [-0.2, 0) is 6.54 Å². The van der Waals surface area contributed by atoms with Crippen LogP contribution in [0.15, 0.2) is 53.5 Å². The minimum absolute atomic E-state index is 0.166. The van der Waals surface area contributed by atoms with Crippen LogP contribution in [-0.4, -0.2) is 26.1 Å². The molecule has 3 heterocycles. The van der Waals surface area contributed by atoms with Crippen molar-refractivity contribution in [3.63, 3.8) is 0 Å². The first-order chi connectivity index (χ1) is 10.3. The van der Waals surface area contributed by atoms with Crippen LogP contribution in [0.1, 0.15) is 16.2 Å². The van der Waals surface area contributed by atoms with E-state index in [1.54, 1.807) is 49.1 Å². The van der Waals surface area contributed by atoms with Gasteiger partial charge in [-0.2, -0.15) is 0 Å². The molecular formula is C14H11N5O2. The third-order valence-corrected chi connectivity index (χ3v) is 2.74. The fraction of sp³-hybridized carbons (Fsp3) is 0.0714. The van der Waals surface area contributed by atoms with Crippen molar-refractivity contribution in [3.8, 4) is 11.5 Å². The number of rotatable bonds is 4. The third-order valence-electron chi connectivity index (χ3n) is 2.74. The van der Waals surface area contributed by atoms with Crippen LogP contribution in [0.2, 0.25) is 0 Å². The number of carbonyl (C=O) groups excluding carboxylic acids is 1. The van der Waals surface area contributed by atoms with Gasteiger partial charge in [0.25, 0.3) is 5.91 Å². The van der Waals surface area contributed by atoms with Crippen LogP contribution in [0.5, 0.6) is 0 Å². The molecular weight excluding hydrogens is 270 g/mol. The molecule has 0 aliphatic rings. The number of hydrogen-bond donors (Lipinski definition) is 1. The average Bonchev–Trinajstić information content (AvgIpc) is 3.03. The number of carbonyl (C=O) groups is 1. The highest BCUT2D eigenvalue weighted by Gasteiger charge is 2.10. The monoisotopic (exact) mass is 281 g/mol. The summed E-state index contributed by atoms with van der Waals surface area (Å²) in [6.45, 7) is 0.166. The minimum atomic E-state index is -0.221. The fourth-order valence-electron chi connectivity index (χ4n) is 1.70. The van der Waals surface area contributed by atoms with E-state index in [9.17, 15) is 4.79 Å². The summed E-state index contributed by atoms with van der Waals surface area (Å²) < 4.78 is 5.48. The summed E-state index contributed by atoms with van der Waals surface area (Å²) in [4.78, 5) is 19.6. The number of aromatic nitrogens is 4. The Morgan fingerprint density at radius 2 is 1.67 bits per heavy atom. The first kappa shape index (κ1) is 12.9. The van der Waals surface area contributed by atoms with Crippen molar-refractivity contribution < 1.29 is 9.21 Å². The summed E-state index contributed by atoms with van der Waals surface area (Å²) in [6.07, 6.45) is 6.40.